The molecule has 2 aromatic carbocycles. The van der Waals surface area contributed by atoms with Crippen LogP contribution < -0.4 is 5.32 Å². The SMILES string of the molecule is C=CCn1c(SCc2ccc(C(=O)NCc3ccncc3)cc2)nnc1-c1ccccc1[N+](=O)[O-]. The minimum Gasteiger partial charge on any atom is -0.348 e. The van der Waals surface area contributed by atoms with E-state index in [-0.39, 0.29) is 11.6 Å². The molecule has 2 heterocycles. The van der Waals surface area contributed by atoms with Crippen molar-refractivity contribution in [2.75, 3.05) is 0 Å². The lowest BCUT2D eigenvalue weighted by Crippen LogP contribution is -2.22. The van der Waals surface area contributed by atoms with E-state index in [4.69, 9.17) is 0 Å². The Morgan fingerprint density at radius 2 is 1.80 bits per heavy atom. The highest BCUT2D eigenvalue weighted by Gasteiger charge is 2.21. The fourth-order valence-electron chi connectivity index (χ4n) is 3.40. The quantitative estimate of drug-likeness (QED) is 0.150. The summed E-state index contributed by atoms with van der Waals surface area (Å²) in [4.78, 5) is 27.4. The molecule has 0 bridgehead atoms. The zero-order valence-electron chi connectivity index (χ0n) is 18.7. The van der Waals surface area contributed by atoms with E-state index < -0.39 is 4.92 Å². The number of hydrogen-bond donors (Lipinski definition) is 1. The molecule has 0 saturated heterocycles. The first kappa shape index (κ1) is 23.8. The monoisotopic (exact) mass is 486 g/mol. The highest BCUT2D eigenvalue weighted by molar-refractivity contribution is 7.98. The number of nitro benzene ring substituents is 1. The Balaban J connectivity index is 1.44. The molecular formula is C25H22N6O3S. The molecule has 4 rings (SSSR count). The van der Waals surface area contributed by atoms with Crippen molar-refractivity contribution in [2.45, 2.75) is 24.0 Å². The zero-order valence-corrected chi connectivity index (χ0v) is 19.5. The van der Waals surface area contributed by atoms with Crippen molar-refractivity contribution in [3.63, 3.8) is 0 Å². The largest absolute Gasteiger partial charge is 0.348 e. The lowest BCUT2D eigenvalue weighted by molar-refractivity contribution is -0.384. The summed E-state index contributed by atoms with van der Waals surface area (Å²) in [6.07, 6.45) is 5.08. The second-order valence-electron chi connectivity index (χ2n) is 7.50. The summed E-state index contributed by atoms with van der Waals surface area (Å²) < 4.78 is 1.81. The Bertz CT molecular complexity index is 1340. The molecule has 1 N–H and O–H groups in total. The third-order valence-electron chi connectivity index (χ3n) is 5.16. The second kappa shape index (κ2) is 11.2. The van der Waals surface area contributed by atoms with E-state index >= 15 is 0 Å². The van der Waals surface area contributed by atoms with E-state index in [2.05, 4.69) is 27.1 Å². The Hall–Kier alpha value is -4.31. The summed E-state index contributed by atoms with van der Waals surface area (Å²) in [5.74, 6) is 0.854. The number of nitrogens with one attached hydrogen (secondary N) is 1. The summed E-state index contributed by atoms with van der Waals surface area (Å²) in [6.45, 7) is 4.63. The summed E-state index contributed by atoms with van der Waals surface area (Å²) in [6, 6.07) is 17.5. The van der Waals surface area contributed by atoms with Gasteiger partial charge in [-0.15, -0.1) is 16.8 Å². The van der Waals surface area contributed by atoms with Crippen LogP contribution in [0.25, 0.3) is 11.4 Å². The van der Waals surface area contributed by atoms with Gasteiger partial charge in [0.05, 0.1) is 10.5 Å². The fraction of sp³-hybridized carbons (Fsp3) is 0.120. The maximum Gasteiger partial charge on any atom is 0.280 e. The molecule has 176 valence electrons. The van der Waals surface area contributed by atoms with Gasteiger partial charge in [0.25, 0.3) is 11.6 Å². The number of amides is 1. The third-order valence-corrected chi connectivity index (χ3v) is 6.19. The molecule has 0 fully saturated rings. The summed E-state index contributed by atoms with van der Waals surface area (Å²) in [5, 5.41) is 23.5. The van der Waals surface area contributed by atoms with E-state index in [1.807, 2.05) is 24.3 Å². The van der Waals surface area contributed by atoms with Crippen LogP contribution in [-0.4, -0.2) is 30.6 Å². The van der Waals surface area contributed by atoms with Gasteiger partial charge in [-0.05, 0) is 41.5 Å². The van der Waals surface area contributed by atoms with E-state index in [1.165, 1.54) is 17.8 Å². The Kier molecular flexibility index (Phi) is 7.63. The average molecular weight is 487 g/mol. The molecule has 2 aromatic heterocycles. The minimum atomic E-state index is -0.427. The molecule has 10 heteroatoms. The molecule has 0 atom stereocenters. The van der Waals surface area contributed by atoms with Crippen molar-refractivity contribution < 1.29 is 9.72 Å². The van der Waals surface area contributed by atoms with Gasteiger partial charge in [0.2, 0.25) is 0 Å². The number of pyridine rings is 1. The van der Waals surface area contributed by atoms with Crippen molar-refractivity contribution in [3.05, 3.63) is 113 Å². The number of para-hydroxylation sites is 1. The smallest absolute Gasteiger partial charge is 0.280 e. The van der Waals surface area contributed by atoms with Crippen LogP contribution in [0.1, 0.15) is 21.5 Å². The number of nitro groups is 1. The number of aromatic nitrogens is 4. The van der Waals surface area contributed by atoms with Crippen molar-refractivity contribution >= 4 is 23.4 Å². The van der Waals surface area contributed by atoms with Crippen LogP contribution in [0.4, 0.5) is 5.69 Å². The Labute approximate surface area is 206 Å². The van der Waals surface area contributed by atoms with Crippen LogP contribution in [0.15, 0.2) is 90.9 Å². The van der Waals surface area contributed by atoms with Gasteiger partial charge in [0, 0.05) is 42.9 Å². The molecule has 0 spiro atoms. The highest BCUT2D eigenvalue weighted by Crippen LogP contribution is 2.31. The standard InChI is InChI=1S/C25H22N6O3S/c1-2-15-30-23(21-5-3-4-6-22(21)31(33)34)28-29-25(30)35-17-19-7-9-20(10-8-19)24(32)27-16-18-11-13-26-14-12-18/h2-14H,1,15-17H2,(H,27,32). The predicted molar refractivity (Wildman–Crippen MR) is 134 cm³/mol. The number of rotatable bonds is 10. The number of allylic oxidation sites excluding steroid dienone is 1. The van der Waals surface area contributed by atoms with Crippen LogP contribution in [0, 0.1) is 10.1 Å². The molecule has 0 saturated carbocycles. The number of carbonyl (C=O) groups excluding carboxylic acids is 1. The summed E-state index contributed by atoms with van der Waals surface area (Å²) in [5.41, 5.74) is 2.92. The second-order valence-corrected chi connectivity index (χ2v) is 8.45. The molecule has 9 nitrogen and oxygen atoms in total. The van der Waals surface area contributed by atoms with Gasteiger partial charge in [0.15, 0.2) is 11.0 Å². The first-order valence-electron chi connectivity index (χ1n) is 10.7. The van der Waals surface area contributed by atoms with Crippen molar-refractivity contribution in [2.24, 2.45) is 0 Å². The van der Waals surface area contributed by atoms with E-state index in [9.17, 15) is 14.9 Å². The van der Waals surface area contributed by atoms with Crippen molar-refractivity contribution in [1.29, 1.82) is 0 Å². The van der Waals surface area contributed by atoms with Gasteiger partial charge in [-0.1, -0.05) is 42.1 Å². The lowest BCUT2D eigenvalue weighted by atomic mass is 10.1. The van der Waals surface area contributed by atoms with Gasteiger partial charge < -0.3 is 5.32 Å². The predicted octanol–water partition coefficient (Wildman–Crippen LogP) is 4.66. The van der Waals surface area contributed by atoms with Crippen LogP contribution in [-0.2, 0) is 18.8 Å². The van der Waals surface area contributed by atoms with Gasteiger partial charge in [-0.3, -0.25) is 24.5 Å². The van der Waals surface area contributed by atoms with Crippen LogP contribution >= 0.6 is 11.8 Å². The molecule has 0 aliphatic carbocycles. The Morgan fingerprint density at radius 3 is 2.51 bits per heavy atom. The van der Waals surface area contributed by atoms with E-state index in [0.717, 1.165) is 11.1 Å². The van der Waals surface area contributed by atoms with Crippen molar-refractivity contribution in [1.82, 2.24) is 25.1 Å². The maximum atomic E-state index is 12.4. The number of carbonyl (C=O) groups is 1. The highest BCUT2D eigenvalue weighted by atomic mass is 32.2. The van der Waals surface area contributed by atoms with E-state index in [1.54, 1.807) is 53.4 Å². The maximum absolute atomic E-state index is 12.4. The van der Waals surface area contributed by atoms with E-state index in [0.29, 0.717) is 41.0 Å². The van der Waals surface area contributed by atoms with Gasteiger partial charge >= 0.3 is 0 Å². The van der Waals surface area contributed by atoms with Gasteiger partial charge in [-0.25, -0.2) is 0 Å². The molecule has 35 heavy (non-hydrogen) atoms. The molecule has 0 aliphatic heterocycles. The topological polar surface area (TPSA) is 116 Å². The molecule has 1 amide bonds. The zero-order chi connectivity index (χ0) is 24.6. The lowest BCUT2D eigenvalue weighted by Gasteiger charge is -2.09. The number of hydrogen-bond acceptors (Lipinski definition) is 7. The fourth-order valence-corrected chi connectivity index (χ4v) is 4.30. The van der Waals surface area contributed by atoms with Gasteiger partial charge in [-0.2, -0.15) is 0 Å². The molecule has 4 aromatic rings. The molecule has 0 radical (unpaired) electrons. The minimum absolute atomic E-state index is 0.0282. The van der Waals surface area contributed by atoms with Gasteiger partial charge in [0.1, 0.15) is 0 Å². The first-order valence-corrected chi connectivity index (χ1v) is 11.7. The normalized spacial score (nSPS) is 10.6. The number of nitrogens with zero attached hydrogens (tertiary/aromatic N) is 5. The Morgan fingerprint density at radius 1 is 1.06 bits per heavy atom. The average Bonchev–Trinajstić information content (AvgIpc) is 3.29. The number of thioether (sulfide) groups is 1. The molecule has 0 aliphatic rings. The van der Waals surface area contributed by atoms with Crippen molar-refractivity contribution in [3.8, 4) is 11.4 Å². The van der Waals surface area contributed by atoms with Crippen LogP contribution in [0.2, 0.25) is 0 Å². The molecule has 0 unspecified atom stereocenters. The molecular weight excluding hydrogens is 464 g/mol. The summed E-state index contributed by atoms with van der Waals surface area (Å²) >= 11 is 1.46. The first-order chi connectivity index (χ1) is 17.1. The third kappa shape index (κ3) is 5.79. The summed E-state index contributed by atoms with van der Waals surface area (Å²) in [7, 11) is 0. The van der Waals surface area contributed by atoms with Crippen LogP contribution in [0.3, 0.4) is 0 Å². The van der Waals surface area contributed by atoms with Crippen LogP contribution in [0.5, 0.6) is 0 Å². The number of benzene rings is 2.